The van der Waals surface area contributed by atoms with Crippen molar-refractivity contribution in [2.45, 2.75) is 32.3 Å². The summed E-state index contributed by atoms with van der Waals surface area (Å²) >= 11 is 0. The van der Waals surface area contributed by atoms with E-state index in [9.17, 15) is 5.11 Å². The van der Waals surface area contributed by atoms with E-state index in [1.807, 2.05) is 38.1 Å². The quantitative estimate of drug-likeness (QED) is 0.866. The first-order valence-corrected chi connectivity index (χ1v) is 6.49. The Morgan fingerprint density at radius 3 is 2.74 bits per heavy atom. The Bertz CT molecular complexity index is 507. The van der Waals surface area contributed by atoms with Gasteiger partial charge in [-0.1, -0.05) is 25.1 Å². The molecule has 2 aromatic rings. The zero-order valence-corrected chi connectivity index (χ0v) is 11.3. The minimum atomic E-state index is -0.761. The highest BCUT2D eigenvalue weighted by atomic mass is 16.5. The van der Waals surface area contributed by atoms with Crippen molar-refractivity contribution >= 4 is 0 Å². The fraction of sp³-hybridized carbons (Fsp3) is 0.429. The van der Waals surface area contributed by atoms with Crippen LogP contribution in [0.25, 0.3) is 5.69 Å². The van der Waals surface area contributed by atoms with E-state index in [2.05, 4.69) is 10.3 Å². The van der Waals surface area contributed by atoms with Gasteiger partial charge in [-0.15, -0.1) is 5.10 Å². The van der Waals surface area contributed by atoms with E-state index in [4.69, 9.17) is 4.74 Å². The van der Waals surface area contributed by atoms with Crippen LogP contribution in [0.1, 0.15) is 26.7 Å². The van der Waals surface area contributed by atoms with Crippen LogP contribution in [0.4, 0.5) is 0 Å². The third-order valence-electron chi connectivity index (χ3n) is 3.33. The predicted octanol–water partition coefficient (Wildman–Crippen LogP) is 2.20. The Morgan fingerprint density at radius 2 is 2.11 bits per heavy atom. The van der Waals surface area contributed by atoms with E-state index in [1.54, 1.807) is 17.1 Å². The summed E-state index contributed by atoms with van der Waals surface area (Å²) in [5.74, 6) is 0.716. The van der Waals surface area contributed by atoms with Crippen molar-refractivity contribution in [2.75, 3.05) is 6.61 Å². The molecule has 2 rings (SSSR count). The molecule has 1 heterocycles. The van der Waals surface area contributed by atoms with Gasteiger partial charge in [0.1, 0.15) is 12.4 Å². The van der Waals surface area contributed by atoms with Crippen molar-refractivity contribution in [3.63, 3.8) is 0 Å². The average Bonchev–Trinajstić information content (AvgIpc) is 2.99. The molecule has 5 heteroatoms. The minimum absolute atomic E-state index is 0.292. The highest BCUT2D eigenvalue weighted by Crippen LogP contribution is 2.20. The molecule has 0 bridgehead atoms. The number of ether oxygens (including phenoxy) is 1. The summed E-state index contributed by atoms with van der Waals surface area (Å²) in [5, 5.41) is 17.9. The van der Waals surface area contributed by atoms with Crippen LogP contribution in [0.3, 0.4) is 0 Å². The highest BCUT2D eigenvalue weighted by Gasteiger charge is 2.23. The molecule has 1 N–H and O–H groups in total. The van der Waals surface area contributed by atoms with Gasteiger partial charge in [0.05, 0.1) is 23.7 Å². The van der Waals surface area contributed by atoms with Gasteiger partial charge in [0.2, 0.25) is 0 Å². The topological polar surface area (TPSA) is 60.2 Å². The predicted molar refractivity (Wildman–Crippen MR) is 72.4 cm³/mol. The lowest BCUT2D eigenvalue weighted by molar-refractivity contribution is -0.0113. The molecule has 0 unspecified atom stereocenters. The lowest BCUT2D eigenvalue weighted by Gasteiger charge is -2.25. The molecule has 0 saturated carbocycles. The molecular formula is C14H19N3O2. The van der Waals surface area contributed by atoms with Gasteiger partial charge in [-0.25, -0.2) is 4.68 Å². The summed E-state index contributed by atoms with van der Waals surface area (Å²) in [4.78, 5) is 0. The molecule has 1 aromatic carbocycles. The monoisotopic (exact) mass is 261 g/mol. The third-order valence-corrected chi connectivity index (χ3v) is 3.33. The summed E-state index contributed by atoms with van der Waals surface area (Å²) < 4.78 is 7.35. The number of hydrogen-bond donors (Lipinski definition) is 1. The maximum Gasteiger partial charge on any atom is 0.121 e. The second-order valence-corrected chi connectivity index (χ2v) is 4.57. The fourth-order valence-corrected chi connectivity index (χ4v) is 1.73. The molecule has 0 aliphatic carbocycles. The minimum Gasteiger partial charge on any atom is -0.491 e. The van der Waals surface area contributed by atoms with Crippen LogP contribution in [-0.2, 0) is 0 Å². The molecule has 0 aliphatic rings. The van der Waals surface area contributed by atoms with Crippen LogP contribution < -0.4 is 4.74 Å². The van der Waals surface area contributed by atoms with Gasteiger partial charge in [-0.2, -0.15) is 0 Å². The molecule has 1 aromatic heterocycles. The van der Waals surface area contributed by atoms with Crippen LogP contribution in [0, 0.1) is 0 Å². The van der Waals surface area contributed by atoms with Gasteiger partial charge < -0.3 is 9.84 Å². The first kappa shape index (κ1) is 13.5. The first-order chi connectivity index (χ1) is 9.17. The van der Waals surface area contributed by atoms with Gasteiger partial charge in [-0.3, -0.25) is 0 Å². The van der Waals surface area contributed by atoms with Crippen molar-refractivity contribution in [3.8, 4) is 11.4 Å². The Morgan fingerprint density at radius 1 is 1.32 bits per heavy atom. The molecular weight excluding hydrogens is 242 g/mol. The van der Waals surface area contributed by atoms with Gasteiger partial charge in [0, 0.05) is 6.07 Å². The second-order valence-electron chi connectivity index (χ2n) is 4.57. The second kappa shape index (κ2) is 5.84. The van der Waals surface area contributed by atoms with Gasteiger partial charge in [0.25, 0.3) is 0 Å². The molecule has 0 aliphatic heterocycles. The molecule has 0 fully saturated rings. The summed E-state index contributed by atoms with van der Waals surface area (Å²) in [6, 6.07) is 7.56. The molecule has 5 nitrogen and oxygen atoms in total. The lowest BCUT2D eigenvalue weighted by Crippen LogP contribution is -2.34. The number of aliphatic hydroxyl groups is 1. The Hall–Kier alpha value is -1.88. The van der Waals surface area contributed by atoms with Gasteiger partial charge >= 0.3 is 0 Å². The molecule has 0 saturated heterocycles. The maximum atomic E-state index is 10.2. The van der Waals surface area contributed by atoms with Gasteiger partial charge in [-0.05, 0) is 25.0 Å². The van der Waals surface area contributed by atoms with Crippen LogP contribution >= 0.6 is 0 Å². The van der Waals surface area contributed by atoms with Crippen LogP contribution in [0.15, 0.2) is 36.7 Å². The van der Waals surface area contributed by atoms with Crippen molar-refractivity contribution in [1.29, 1.82) is 0 Å². The zero-order valence-electron chi connectivity index (χ0n) is 11.3. The van der Waals surface area contributed by atoms with Crippen molar-refractivity contribution in [1.82, 2.24) is 15.0 Å². The number of rotatable bonds is 6. The first-order valence-electron chi connectivity index (χ1n) is 6.49. The Balaban J connectivity index is 2.08. The smallest absolute Gasteiger partial charge is 0.121 e. The SMILES string of the molecule is CCC(O)(CC)COc1cccc(-n2ccnn2)c1. The standard InChI is InChI=1S/C14H19N3O2/c1-3-14(18,4-2)11-19-13-7-5-6-12(10-13)17-9-8-15-16-17/h5-10,18H,3-4,11H2,1-2H3. The average molecular weight is 261 g/mol. The van der Waals surface area contributed by atoms with Crippen molar-refractivity contribution < 1.29 is 9.84 Å². The summed E-state index contributed by atoms with van der Waals surface area (Å²) in [6.07, 6.45) is 4.74. The summed E-state index contributed by atoms with van der Waals surface area (Å²) in [5.41, 5.74) is 0.120. The largest absolute Gasteiger partial charge is 0.491 e. The van der Waals surface area contributed by atoms with Crippen LogP contribution in [0.2, 0.25) is 0 Å². The van der Waals surface area contributed by atoms with E-state index >= 15 is 0 Å². The van der Waals surface area contributed by atoms with Gasteiger partial charge in [0.15, 0.2) is 0 Å². The Kier molecular flexibility index (Phi) is 4.16. The molecule has 102 valence electrons. The number of aromatic nitrogens is 3. The van der Waals surface area contributed by atoms with E-state index in [0.29, 0.717) is 25.2 Å². The lowest BCUT2D eigenvalue weighted by atomic mass is 9.99. The molecule has 0 atom stereocenters. The van der Waals surface area contributed by atoms with E-state index in [1.165, 1.54) is 0 Å². The summed E-state index contributed by atoms with van der Waals surface area (Å²) in [7, 11) is 0. The number of hydrogen-bond acceptors (Lipinski definition) is 4. The van der Waals surface area contributed by atoms with Crippen LogP contribution in [0.5, 0.6) is 5.75 Å². The van der Waals surface area contributed by atoms with Crippen molar-refractivity contribution in [3.05, 3.63) is 36.7 Å². The zero-order chi connectivity index (χ0) is 13.7. The highest BCUT2D eigenvalue weighted by molar-refractivity contribution is 5.38. The molecule has 0 amide bonds. The van der Waals surface area contributed by atoms with E-state index in [0.717, 1.165) is 5.69 Å². The van der Waals surface area contributed by atoms with Crippen molar-refractivity contribution in [2.24, 2.45) is 0 Å². The molecule has 0 radical (unpaired) electrons. The number of nitrogens with zero attached hydrogens (tertiary/aromatic N) is 3. The normalized spacial score (nSPS) is 11.5. The Labute approximate surface area is 112 Å². The maximum absolute atomic E-state index is 10.2. The van der Waals surface area contributed by atoms with E-state index < -0.39 is 5.60 Å². The summed E-state index contributed by atoms with van der Waals surface area (Å²) in [6.45, 7) is 4.21. The van der Waals surface area contributed by atoms with Crippen LogP contribution in [-0.4, -0.2) is 32.3 Å². The number of benzene rings is 1. The fourth-order valence-electron chi connectivity index (χ4n) is 1.73. The van der Waals surface area contributed by atoms with E-state index in [-0.39, 0.29) is 0 Å². The molecule has 19 heavy (non-hydrogen) atoms. The third kappa shape index (κ3) is 3.32. The molecule has 0 spiro atoms.